The van der Waals surface area contributed by atoms with Gasteiger partial charge in [0.05, 0.1) is 4.90 Å². The third kappa shape index (κ3) is 4.81. The van der Waals surface area contributed by atoms with Crippen molar-refractivity contribution >= 4 is 21.6 Å². The zero-order valence-electron chi connectivity index (χ0n) is 11.5. The van der Waals surface area contributed by atoms with Crippen LogP contribution < -0.4 is 4.72 Å². The van der Waals surface area contributed by atoms with E-state index < -0.39 is 10.0 Å². The molecule has 6 heteroatoms. The van der Waals surface area contributed by atoms with Crippen LogP contribution in [0.3, 0.4) is 0 Å². The fourth-order valence-electron chi connectivity index (χ4n) is 1.87. The molecule has 112 valence electrons. The minimum absolute atomic E-state index is 0.249. The molecular formula is C15H17ClN2O2S. The van der Waals surface area contributed by atoms with Gasteiger partial charge in [0.1, 0.15) is 0 Å². The maximum absolute atomic E-state index is 12.2. The number of aromatic nitrogens is 1. The van der Waals surface area contributed by atoms with Crippen LogP contribution in [0.2, 0.25) is 0 Å². The molecule has 0 saturated carbocycles. The van der Waals surface area contributed by atoms with Gasteiger partial charge in [0.15, 0.2) is 0 Å². The zero-order valence-corrected chi connectivity index (χ0v) is 13.1. The summed E-state index contributed by atoms with van der Waals surface area (Å²) in [5.41, 5.74) is 1.95. The Balaban J connectivity index is 2.02. The third-order valence-electron chi connectivity index (χ3n) is 3.05. The van der Waals surface area contributed by atoms with E-state index in [0.717, 1.165) is 24.0 Å². The second kappa shape index (κ2) is 7.54. The van der Waals surface area contributed by atoms with E-state index >= 15 is 0 Å². The number of alkyl halides is 1. The lowest BCUT2D eigenvalue weighted by Gasteiger charge is -2.07. The molecule has 2 rings (SSSR count). The molecule has 21 heavy (non-hydrogen) atoms. The quantitative estimate of drug-likeness (QED) is 0.797. The van der Waals surface area contributed by atoms with E-state index in [1.54, 1.807) is 36.7 Å². The number of hydrogen-bond acceptors (Lipinski definition) is 3. The van der Waals surface area contributed by atoms with E-state index in [2.05, 4.69) is 9.71 Å². The third-order valence-corrected chi connectivity index (χ3v) is 4.73. The van der Waals surface area contributed by atoms with Gasteiger partial charge in [0.2, 0.25) is 10.0 Å². The normalized spacial score (nSPS) is 11.5. The zero-order chi connectivity index (χ0) is 15.1. The number of benzene rings is 1. The number of pyridine rings is 1. The van der Waals surface area contributed by atoms with Gasteiger partial charge >= 0.3 is 0 Å². The van der Waals surface area contributed by atoms with Crippen molar-refractivity contribution in [2.45, 2.75) is 24.3 Å². The van der Waals surface area contributed by atoms with Crippen molar-refractivity contribution < 1.29 is 8.42 Å². The van der Waals surface area contributed by atoms with Crippen molar-refractivity contribution in [2.24, 2.45) is 0 Å². The van der Waals surface area contributed by atoms with Crippen molar-refractivity contribution in [3.63, 3.8) is 0 Å². The van der Waals surface area contributed by atoms with Crippen LogP contribution in [0, 0.1) is 0 Å². The highest BCUT2D eigenvalue weighted by atomic mass is 35.5. The van der Waals surface area contributed by atoms with Gasteiger partial charge in [0, 0.05) is 24.8 Å². The Labute approximate surface area is 130 Å². The van der Waals surface area contributed by atoms with Crippen molar-refractivity contribution in [1.29, 1.82) is 0 Å². The van der Waals surface area contributed by atoms with E-state index in [0.29, 0.717) is 5.88 Å². The lowest BCUT2D eigenvalue weighted by molar-refractivity contribution is 0.581. The molecule has 1 N–H and O–H groups in total. The second-order valence-electron chi connectivity index (χ2n) is 4.62. The summed E-state index contributed by atoms with van der Waals surface area (Å²) in [5.74, 6) is 0.605. The van der Waals surface area contributed by atoms with Crippen molar-refractivity contribution in [1.82, 2.24) is 9.71 Å². The molecule has 0 aliphatic heterocycles. The Morgan fingerprint density at radius 2 is 1.67 bits per heavy atom. The largest absolute Gasteiger partial charge is 0.265 e. The predicted molar refractivity (Wildman–Crippen MR) is 83.7 cm³/mol. The van der Waals surface area contributed by atoms with Crippen LogP contribution in [0.25, 0.3) is 0 Å². The van der Waals surface area contributed by atoms with Crippen LogP contribution in [0.5, 0.6) is 0 Å². The summed E-state index contributed by atoms with van der Waals surface area (Å²) in [5, 5.41) is 0. The van der Waals surface area contributed by atoms with E-state index in [1.807, 2.05) is 12.1 Å². The van der Waals surface area contributed by atoms with Gasteiger partial charge in [0.25, 0.3) is 0 Å². The number of halogens is 1. The van der Waals surface area contributed by atoms with Gasteiger partial charge in [-0.3, -0.25) is 4.98 Å². The van der Waals surface area contributed by atoms with Crippen LogP contribution in [0.4, 0.5) is 0 Å². The number of sulfonamides is 1. The Morgan fingerprint density at radius 1 is 1.00 bits per heavy atom. The number of hydrogen-bond donors (Lipinski definition) is 1. The van der Waals surface area contributed by atoms with Crippen LogP contribution >= 0.6 is 11.6 Å². The standard InChI is InChI=1S/C15H17ClN2O2S/c16-9-1-2-13-3-5-15(6-4-13)21(19,20)18-12-14-7-10-17-11-8-14/h3-8,10-11,18H,1-2,9,12H2. The van der Waals surface area contributed by atoms with E-state index in [-0.39, 0.29) is 11.4 Å². The second-order valence-corrected chi connectivity index (χ2v) is 6.76. The highest BCUT2D eigenvalue weighted by Gasteiger charge is 2.13. The molecule has 0 fully saturated rings. The monoisotopic (exact) mass is 324 g/mol. The molecule has 0 amide bonds. The highest BCUT2D eigenvalue weighted by Crippen LogP contribution is 2.12. The summed E-state index contributed by atoms with van der Waals surface area (Å²) in [6, 6.07) is 10.5. The van der Waals surface area contributed by atoms with Gasteiger partial charge in [-0.1, -0.05) is 12.1 Å². The first-order valence-corrected chi connectivity index (χ1v) is 8.67. The maximum atomic E-state index is 12.2. The molecule has 0 bridgehead atoms. The lowest BCUT2D eigenvalue weighted by Crippen LogP contribution is -2.23. The summed E-state index contributed by atoms with van der Waals surface area (Å²) in [4.78, 5) is 4.17. The summed E-state index contributed by atoms with van der Waals surface area (Å²) >= 11 is 5.64. The molecule has 0 spiro atoms. The van der Waals surface area contributed by atoms with Gasteiger partial charge in [-0.2, -0.15) is 0 Å². The Morgan fingerprint density at radius 3 is 2.29 bits per heavy atom. The summed E-state index contributed by atoms with van der Waals surface area (Å²) < 4.78 is 26.9. The molecule has 1 heterocycles. The first-order valence-electron chi connectivity index (χ1n) is 6.65. The number of nitrogens with zero attached hydrogens (tertiary/aromatic N) is 1. The summed E-state index contributed by atoms with van der Waals surface area (Å²) in [6.07, 6.45) is 5.01. The Kier molecular flexibility index (Phi) is 5.73. The number of rotatable bonds is 7. The topological polar surface area (TPSA) is 59.1 Å². The molecule has 0 atom stereocenters. The first-order chi connectivity index (χ1) is 10.1. The SMILES string of the molecule is O=S(=O)(NCc1ccncc1)c1ccc(CCCCl)cc1. The fraction of sp³-hybridized carbons (Fsp3) is 0.267. The van der Waals surface area contributed by atoms with Crippen LogP contribution in [-0.2, 0) is 23.0 Å². The molecular weight excluding hydrogens is 308 g/mol. The van der Waals surface area contributed by atoms with Crippen molar-refractivity contribution in [3.8, 4) is 0 Å². The summed E-state index contributed by atoms with van der Waals surface area (Å²) in [7, 11) is -3.49. The van der Waals surface area contributed by atoms with E-state index in [1.165, 1.54) is 0 Å². The van der Waals surface area contributed by atoms with Crippen molar-refractivity contribution in [2.75, 3.05) is 5.88 Å². The van der Waals surface area contributed by atoms with Crippen molar-refractivity contribution in [3.05, 3.63) is 59.9 Å². The first kappa shape index (κ1) is 15.9. The lowest BCUT2D eigenvalue weighted by atomic mass is 10.1. The van der Waals surface area contributed by atoms with E-state index in [9.17, 15) is 8.42 Å². The predicted octanol–water partition coefficient (Wildman–Crippen LogP) is 2.73. The summed E-state index contributed by atoms with van der Waals surface area (Å²) in [6.45, 7) is 0.249. The molecule has 1 aromatic heterocycles. The smallest absolute Gasteiger partial charge is 0.240 e. The molecule has 4 nitrogen and oxygen atoms in total. The van der Waals surface area contributed by atoms with Crippen LogP contribution in [0.1, 0.15) is 17.5 Å². The Hall–Kier alpha value is -1.43. The molecule has 0 unspecified atom stereocenters. The number of aryl methyl sites for hydroxylation is 1. The molecule has 0 aliphatic rings. The minimum atomic E-state index is -3.49. The Bertz CT molecular complexity index is 658. The number of nitrogens with one attached hydrogen (secondary N) is 1. The van der Waals surface area contributed by atoms with Crippen LogP contribution in [-0.4, -0.2) is 19.3 Å². The molecule has 2 aromatic rings. The fourth-order valence-corrected chi connectivity index (χ4v) is 3.02. The average molecular weight is 325 g/mol. The highest BCUT2D eigenvalue weighted by molar-refractivity contribution is 7.89. The minimum Gasteiger partial charge on any atom is -0.265 e. The van der Waals surface area contributed by atoms with Gasteiger partial charge < -0.3 is 0 Å². The van der Waals surface area contributed by atoms with Crippen LogP contribution in [0.15, 0.2) is 53.7 Å². The van der Waals surface area contributed by atoms with Gasteiger partial charge in [-0.15, -0.1) is 11.6 Å². The average Bonchev–Trinajstić information content (AvgIpc) is 2.52. The molecule has 0 saturated heterocycles. The molecule has 0 aliphatic carbocycles. The molecule has 0 radical (unpaired) electrons. The maximum Gasteiger partial charge on any atom is 0.240 e. The van der Waals surface area contributed by atoms with E-state index in [4.69, 9.17) is 11.6 Å². The van der Waals surface area contributed by atoms with Gasteiger partial charge in [-0.05, 0) is 48.2 Å². The van der Waals surface area contributed by atoms with Gasteiger partial charge in [-0.25, -0.2) is 13.1 Å². The molecule has 1 aromatic carbocycles.